The Morgan fingerprint density at radius 3 is 2.44 bits per heavy atom. The van der Waals surface area contributed by atoms with Crippen LogP contribution in [0, 0.1) is 18.7 Å². The number of anilines is 2. The second-order valence-electron chi connectivity index (χ2n) is 8.54. The Bertz CT molecular complexity index is 1310. The van der Waals surface area contributed by atoms with E-state index < -0.39 is 0 Å². The highest BCUT2D eigenvalue weighted by atomic mass is 19.1. The van der Waals surface area contributed by atoms with Gasteiger partial charge >= 0.3 is 0 Å². The lowest BCUT2D eigenvalue weighted by molar-refractivity contribution is -0.120. The van der Waals surface area contributed by atoms with Gasteiger partial charge in [0.25, 0.3) is 0 Å². The fourth-order valence-electron chi connectivity index (χ4n) is 4.36. The monoisotopic (exact) mass is 459 g/mol. The molecule has 7 nitrogen and oxygen atoms in total. The van der Waals surface area contributed by atoms with Crippen LogP contribution in [0.5, 0.6) is 5.75 Å². The molecule has 1 fully saturated rings. The molecule has 4 aromatic rings. The number of methoxy groups -OCH3 is 1. The average molecular weight is 460 g/mol. The van der Waals surface area contributed by atoms with E-state index in [1.165, 1.54) is 12.1 Å². The lowest BCUT2D eigenvalue weighted by Gasteiger charge is -2.33. The Kier molecular flexibility index (Phi) is 5.88. The molecule has 1 amide bonds. The normalized spacial score (nSPS) is 14.4. The van der Waals surface area contributed by atoms with E-state index in [2.05, 4.69) is 15.2 Å². The highest BCUT2D eigenvalue weighted by Gasteiger charge is 2.27. The topological polar surface area (TPSA) is 71.8 Å². The lowest BCUT2D eigenvalue weighted by Crippen LogP contribution is -2.39. The van der Waals surface area contributed by atoms with Crippen LogP contribution in [0.25, 0.3) is 16.9 Å². The summed E-state index contributed by atoms with van der Waals surface area (Å²) < 4.78 is 20.3. The molecule has 0 saturated carbocycles. The molecule has 0 bridgehead atoms. The Morgan fingerprint density at radius 2 is 1.76 bits per heavy atom. The molecule has 0 unspecified atom stereocenters. The van der Waals surface area contributed by atoms with Crippen LogP contribution in [-0.2, 0) is 4.79 Å². The number of rotatable bonds is 5. The van der Waals surface area contributed by atoms with Crippen LogP contribution in [0.15, 0.2) is 60.7 Å². The maximum atomic E-state index is 13.3. The number of piperidine rings is 1. The number of fused-ring (bicyclic) bond motifs is 1. The number of nitrogens with zero attached hydrogens (tertiary/aromatic N) is 4. The van der Waals surface area contributed by atoms with Crippen molar-refractivity contribution in [2.75, 3.05) is 30.4 Å². The quantitative estimate of drug-likeness (QED) is 0.468. The van der Waals surface area contributed by atoms with Crippen molar-refractivity contribution >= 4 is 23.1 Å². The number of aromatic nitrogens is 3. The molecule has 2 aromatic carbocycles. The fraction of sp³-hybridized carbons (Fsp3) is 0.269. The minimum atomic E-state index is -0.277. The van der Waals surface area contributed by atoms with Crippen molar-refractivity contribution in [3.05, 3.63) is 72.2 Å². The molecule has 5 rings (SSSR count). The van der Waals surface area contributed by atoms with Gasteiger partial charge in [0, 0.05) is 48.1 Å². The number of halogens is 1. The van der Waals surface area contributed by atoms with Crippen molar-refractivity contribution in [3.8, 4) is 17.0 Å². The van der Waals surface area contributed by atoms with E-state index in [9.17, 15) is 9.18 Å². The molecule has 0 atom stereocenters. The number of benzene rings is 2. The zero-order valence-corrected chi connectivity index (χ0v) is 19.2. The van der Waals surface area contributed by atoms with Crippen molar-refractivity contribution in [2.24, 2.45) is 5.92 Å². The van der Waals surface area contributed by atoms with Gasteiger partial charge in [0.05, 0.1) is 12.8 Å². The minimum Gasteiger partial charge on any atom is -0.497 e. The number of hydrogen-bond donors (Lipinski definition) is 1. The number of carbonyl (C=O) groups excluding carboxylic acids is 1. The summed E-state index contributed by atoms with van der Waals surface area (Å²) in [7, 11) is 1.62. The molecule has 0 aliphatic carbocycles. The second-order valence-corrected chi connectivity index (χ2v) is 8.54. The smallest absolute Gasteiger partial charge is 0.227 e. The van der Waals surface area contributed by atoms with E-state index in [4.69, 9.17) is 9.84 Å². The Balaban J connectivity index is 1.31. The van der Waals surface area contributed by atoms with Gasteiger partial charge in [-0.25, -0.2) is 9.37 Å². The van der Waals surface area contributed by atoms with Gasteiger partial charge in [-0.05, 0) is 68.3 Å². The predicted molar refractivity (Wildman–Crippen MR) is 130 cm³/mol. The summed E-state index contributed by atoms with van der Waals surface area (Å²) in [4.78, 5) is 19.7. The maximum absolute atomic E-state index is 13.3. The average Bonchev–Trinajstić information content (AvgIpc) is 3.28. The van der Waals surface area contributed by atoms with Gasteiger partial charge in [0.1, 0.15) is 17.4 Å². The predicted octanol–water partition coefficient (Wildman–Crippen LogP) is 4.71. The first kappa shape index (κ1) is 21.9. The molecular formula is C26H26FN5O2. The summed E-state index contributed by atoms with van der Waals surface area (Å²) in [5, 5.41) is 7.77. The third-order valence-corrected chi connectivity index (χ3v) is 6.22. The summed E-state index contributed by atoms with van der Waals surface area (Å²) in [6.45, 7) is 3.44. The van der Waals surface area contributed by atoms with Crippen LogP contribution in [0.4, 0.5) is 15.9 Å². The number of ether oxygens (including phenoxy) is 1. The van der Waals surface area contributed by atoms with Crippen molar-refractivity contribution in [2.45, 2.75) is 19.8 Å². The molecule has 1 aliphatic rings. The molecule has 1 N–H and O–H groups in total. The van der Waals surface area contributed by atoms with Gasteiger partial charge in [-0.2, -0.15) is 9.61 Å². The van der Waals surface area contributed by atoms with Crippen LogP contribution in [0.3, 0.4) is 0 Å². The van der Waals surface area contributed by atoms with Crippen molar-refractivity contribution in [1.82, 2.24) is 14.6 Å². The van der Waals surface area contributed by atoms with E-state index in [0.717, 1.165) is 65.8 Å². The molecule has 174 valence electrons. The van der Waals surface area contributed by atoms with Gasteiger partial charge in [-0.1, -0.05) is 0 Å². The highest BCUT2D eigenvalue weighted by molar-refractivity contribution is 5.92. The first-order valence-corrected chi connectivity index (χ1v) is 11.3. The standard InChI is InChI=1S/C26H26FN5O2/c1-17-15-25(32-24(28-17)16-23(30-32)18-3-5-20(27)6-4-18)31-13-11-19(12-14-31)26(33)29-21-7-9-22(34-2)10-8-21/h3-10,15-16,19H,11-14H2,1-2H3,(H,29,33). The van der Waals surface area contributed by atoms with Crippen molar-refractivity contribution in [1.29, 1.82) is 0 Å². The number of nitrogens with one attached hydrogen (secondary N) is 1. The molecule has 8 heteroatoms. The molecule has 0 radical (unpaired) electrons. The van der Waals surface area contributed by atoms with Gasteiger partial charge in [-0.15, -0.1) is 0 Å². The van der Waals surface area contributed by atoms with Gasteiger partial charge < -0.3 is 15.0 Å². The highest BCUT2D eigenvalue weighted by Crippen LogP contribution is 2.28. The SMILES string of the molecule is COc1ccc(NC(=O)C2CCN(c3cc(C)nc4cc(-c5ccc(F)cc5)nn34)CC2)cc1. The van der Waals surface area contributed by atoms with E-state index in [1.807, 2.05) is 47.8 Å². The summed E-state index contributed by atoms with van der Waals surface area (Å²) in [5.41, 5.74) is 3.99. The number of hydrogen-bond acceptors (Lipinski definition) is 5. The van der Waals surface area contributed by atoms with Gasteiger partial charge in [0.15, 0.2) is 5.65 Å². The second kappa shape index (κ2) is 9.13. The van der Waals surface area contributed by atoms with E-state index in [1.54, 1.807) is 19.2 Å². The van der Waals surface area contributed by atoms with E-state index in [0.29, 0.717) is 0 Å². The third-order valence-electron chi connectivity index (χ3n) is 6.22. The molecule has 0 spiro atoms. The van der Waals surface area contributed by atoms with Crippen LogP contribution in [0.1, 0.15) is 18.5 Å². The Labute approximate surface area is 197 Å². The molecule has 34 heavy (non-hydrogen) atoms. The van der Waals surface area contributed by atoms with Crippen molar-refractivity contribution in [3.63, 3.8) is 0 Å². The number of carbonyl (C=O) groups is 1. The largest absolute Gasteiger partial charge is 0.497 e. The van der Waals surface area contributed by atoms with Crippen LogP contribution in [0.2, 0.25) is 0 Å². The number of amides is 1. The molecule has 1 aliphatic heterocycles. The van der Waals surface area contributed by atoms with E-state index >= 15 is 0 Å². The van der Waals surface area contributed by atoms with Crippen LogP contribution >= 0.6 is 0 Å². The maximum Gasteiger partial charge on any atom is 0.227 e. The van der Waals surface area contributed by atoms with Crippen LogP contribution < -0.4 is 15.0 Å². The fourth-order valence-corrected chi connectivity index (χ4v) is 4.36. The Hall–Kier alpha value is -3.94. The molecule has 2 aromatic heterocycles. The molecular weight excluding hydrogens is 433 g/mol. The van der Waals surface area contributed by atoms with Crippen molar-refractivity contribution < 1.29 is 13.9 Å². The lowest BCUT2D eigenvalue weighted by atomic mass is 9.95. The summed E-state index contributed by atoms with van der Waals surface area (Å²) >= 11 is 0. The van der Waals surface area contributed by atoms with Gasteiger partial charge in [0.2, 0.25) is 5.91 Å². The van der Waals surface area contributed by atoms with Crippen LogP contribution in [-0.4, -0.2) is 40.7 Å². The molecule has 3 heterocycles. The third kappa shape index (κ3) is 4.44. The number of aryl methyl sites for hydroxylation is 1. The molecule has 1 saturated heterocycles. The minimum absolute atomic E-state index is 0.0403. The van der Waals surface area contributed by atoms with Gasteiger partial charge in [-0.3, -0.25) is 4.79 Å². The summed E-state index contributed by atoms with van der Waals surface area (Å²) in [5.74, 6) is 1.42. The summed E-state index contributed by atoms with van der Waals surface area (Å²) in [6, 6.07) is 17.6. The van der Waals surface area contributed by atoms with E-state index in [-0.39, 0.29) is 17.6 Å². The Morgan fingerprint density at radius 1 is 1.06 bits per heavy atom. The first-order chi connectivity index (χ1) is 16.5. The first-order valence-electron chi connectivity index (χ1n) is 11.3. The zero-order valence-electron chi connectivity index (χ0n) is 19.2. The summed E-state index contributed by atoms with van der Waals surface area (Å²) in [6.07, 6.45) is 1.49. The zero-order chi connectivity index (χ0) is 23.7.